The monoisotopic (exact) mass is 176 g/mol. The van der Waals surface area contributed by atoms with Gasteiger partial charge in [-0.1, -0.05) is 18.2 Å². The summed E-state index contributed by atoms with van der Waals surface area (Å²) >= 11 is 0. The van der Waals surface area contributed by atoms with Gasteiger partial charge in [-0.3, -0.25) is 4.79 Å². The molecule has 0 saturated heterocycles. The van der Waals surface area contributed by atoms with E-state index < -0.39 is 0 Å². The minimum atomic E-state index is -0.0267. The van der Waals surface area contributed by atoms with Gasteiger partial charge in [-0.25, -0.2) is 0 Å². The molecule has 0 spiro atoms. The van der Waals surface area contributed by atoms with E-state index in [-0.39, 0.29) is 11.8 Å². The molecule has 1 aromatic rings. The number of rotatable bonds is 1. The van der Waals surface area contributed by atoms with Gasteiger partial charge in [0.05, 0.1) is 5.92 Å². The van der Waals surface area contributed by atoms with Gasteiger partial charge in [0.15, 0.2) is 0 Å². The summed E-state index contributed by atoms with van der Waals surface area (Å²) in [7, 11) is 1.67. The van der Waals surface area contributed by atoms with Crippen molar-refractivity contribution in [3.63, 3.8) is 0 Å². The quantitative estimate of drug-likeness (QED) is 0.668. The molecule has 0 aromatic heterocycles. The normalized spacial score (nSPS) is 19.0. The molecule has 68 valence electrons. The van der Waals surface area contributed by atoms with Crippen LogP contribution in [0.2, 0.25) is 0 Å². The summed E-state index contributed by atoms with van der Waals surface area (Å²) in [6.07, 6.45) is 0. The minimum absolute atomic E-state index is 0.0267. The zero-order valence-electron chi connectivity index (χ0n) is 7.50. The van der Waals surface area contributed by atoms with Crippen LogP contribution in [0, 0.1) is 0 Å². The minimum Gasteiger partial charge on any atom is -0.384 e. The third kappa shape index (κ3) is 1.26. The van der Waals surface area contributed by atoms with Crippen LogP contribution < -0.4 is 10.6 Å². The summed E-state index contributed by atoms with van der Waals surface area (Å²) < 4.78 is 0. The van der Waals surface area contributed by atoms with Crippen LogP contribution in [0.4, 0.5) is 5.69 Å². The second-order valence-corrected chi connectivity index (χ2v) is 3.13. The molecule has 0 saturated carbocycles. The first kappa shape index (κ1) is 8.10. The van der Waals surface area contributed by atoms with Gasteiger partial charge in [0, 0.05) is 19.3 Å². The fourth-order valence-corrected chi connectivity index (χ4v) is 1.69. The summed E-state index contributed by atoms with van der Waals surface area (Å²) in [5.74, 6) is 0.0543. The van der Waals surface area contributed by atoms with Crippen molar-refractivity contribution in [3.8, 4) is 0 Å². The van der Waals surface area contributed by atoms with Crippen molar-refractivity contribution in [1.29, 1.82) is 0 Å². The van der Waals surface area contributed by atoms with Crippen LogP contribution in [0.5, 0.6) is 0 Å². The summed E-state index contributed by atoms with van der Waals surface area (Å²) in [6.45, 7) is 0.707. The first-order valence-corrected chi connectivity index (χ1v) is 4.37. The number of para-hydroxylation sites is 1. The molecule has 1 aromatic carbocycles. The molecule has 1 amide bonds. The molecule has 0 aliphatic carbocycles. The lowest BCUT2D eigenvalue weighted by Crippen LogP contribution is -2.26. The SMILES string of the molecule is CNC(=O)C1CNc2ccccc21. The molecule has 2 rings (SSSR count). The number of hydrogen-bond donors (Lipinski definition) is 2. The van der Waals surface area contributed by atoms with E-state index in [9.17, 15) is 4.79 Å². The predicted octanol–water partition coefficient (Wildman–Crippen LogP) is 0.942. The van der Waals surface area contributed by atoms with Crippen molar-refractivity contribution >= 4 is 11.6 Å². The van der Waals surface area contributed by atoms with Crippen LogP contribution >= 0.6 is 0 Å². The zero-order valence-corrected chi connectivity index (χ0v) is 7.50. The maximum atomic E-state index is 11.4. The first-order chi connectivity index (χ1) is 6.33. The van der Waals surface area contributed by atoms with E-state index in [0.29, 0.717) is 6.54 Å². The maximum absolute atomic E-state index is 11.4. The number of anilines is 1. The summed E-state index contributed by atoms with van der Waals surface area (Å²) in [5.41, 5.74) is 2.18. The molecule has 3 heteroatoms. The number of benzene rings is 1. The van der Waals surface area contributed by atoms with Gasteiger partial charge < -0.3 is 10.6 Å². The molecular formula is C10H12N2O. The third-order valence-electron chi connectivity index (χ3n) is 2.40. The standard InChI is InChI=1S/C10H12N2O/c1-11-10(13)8-6-12-9-5-3-2-4-7(8)9/h2-5,8,12H,6H2,1H3,(H,11,13). The third-order valence-corrected chi connectivity index (χ3v) is 2.40. The molecule has 0 bridgehead atoms. The van der Waals surface area contributed by atoms with Crippen LogP contribution in [-0.2, 0) is 4.79 Å². The second kappa shape index (κ2) is 3.09. The number of amides is 1. The topological polar surface area (TPSA) is 41.1 Å². The first-order valence-electron chi connectivity index (χ1n) is 4.37. The molecule has 1 atom stereocenters. The number of carbonyl (C=O) groups excluding carboxylic acids is 1. The van der Waals surface area contributed by atoms with Crippen molar-refractivity contribution in [1.82, 2.24) is 5.32 Å². The Labute approximate surface area is 77.1 Å². The molecule has 0 fully saturated rings. The van der Waals surface area contributed by atoms with Gasteiger partial charge in [-0.2, -0.15) is 0 Å². The molecule has 1 unspecified atom stereocenters. The average Bonchev–Trinajstić information content (AvgIpc) is 2.60. The highest BCUT2D eigenvalue weighted by molar-refractivity contribution is 5.87. The van der Waals surface area contributed by atoms with Gasteiger partial charge in [-0.15, -0.1) is 0 Å². The van der Waals surface area contributed by atoms with Gasteiger partial charge in [0.1, 0.15) is 0 Å². The van der Waals surface area contributed by atoms with Crippen molar-refractivity contribution < 1.29 is 4.79 Å². The Morgan fingerprint density at radius 2 is 2.31 bits per heavy atom. The Balaban J connectivity index is 2.33. The molecule has 1 aliphatic heterocycles. The van der Waals surface area contributed by atoms with Crippen LogP contribution in [0.25, 0.3) is 0 Å². The summed E-state index contributed by atoms with van der Waals surface area (Å²) in [6, 6.07) is 7.92. The van der Waals surface area contributed by atoms with Crippen LogP contribution in [0.15, 0.2) is 24.3 Å². The maximum Gasteiger partial charge on any atom is 0.229 e. The van der Waals surface area contributed by atoms with Crippen molar-refractivity contribution in [2.45, 2.75) is 5.92 Å². The van der Waals surface area contributed by atoms with E-state index in [2.05, 4.69) is 10.6 Å². The summed E-state index contributed by atoms with van der Waals surface area (Å²) in [4.78, 5) is 11.4. The molecule has 3 nitrogen and oxygen atoms in total. The van der Waals surface area contributed by atoms with Crippen molar-refractivity contribution in [2.75, 3.05) is 18.9 Å². The Morgan fingerprint density at radius 1 is 1.54 bits per heavy atom. The number of nitrogens with one attached hydrogen (secondary N) is 2. The lowest BCUT2D eigenvalue weighted by Gasteiger charge is -2.07. The van der Waals surface area contributed by atoms with Gasteiger partial charge in [0.2, 0.25) is 5.91 Å². The molecule has 0 radical (unpaired) electrons. The Hall–Kier alpha value is -1.51. The molecule has 2 N–H and O–H groups in total. The largest absolute Gasteiger partial charge is 0.384 e. The Morgan fingerprint density at radius 3 is 3.08 bits per heavy atom. The molecule has 1 heterocycles. The summed E-state index contributed by atoms with van der Waals surface area (Å²) in [5, 5.41) is 5.87. The predicted molar refractivity (Wildman–Crippen MR) is 51.7 cm³/mol. The van der Waals surface area contributed by atoms with Crippen LogP contribution in [-0.4, -0.2) is 19.5 Å². The van der Waals surface area contributed by atoms with Gasteiger partial charge >= 0.3 is 0 Å². The number of carbonyl (C=O) groups is 1. The zero-order chi connectivity index (χ0) is 9.26. The Kier molecular flexibility index (Phi) is 1.93. The van der Waals surface area contributed by atoms with E-state index >= 15 is 0 Å². The number of hydrogen-bond acceptors (Lipinski definition) is 2. The van der Waals surface area contributed by atoms with E-state index in [1.54, 1.807) is 7.05 Å². The number of likely N-dealkylation sites (N-methyl/N-ethyl adjacent to an activating group) is 1. The van der Waals surface area contributed by atoms with Crippen LogP contribution in [0.3, 0.4) is 0 Å². The second-order valence-electron chi connectivity index (χ2n) is 3.13. The lowest BCUT2D eigenvalue weighted by atomic mass is 10.0. The average molecular weight is 176 g/mol. The lowest BCUT2D eigenvalue weighted by molar-refractivity contribution is -0.121. The van der Waals surface area contributed by atoms with Gasteiger partial charge in [0.25, 0.3) is 0 Å². The highest BCUT2D eigenvalue weighted by Crippen LogP contribution is 2.30. The van der Waals surface area contributed by atoms with E-state index in [0.717, 1.165) is 11.3 Å². The van der Waals surface area contributed by atoms with E-state index in [1.807, 2.05) is 24.3 Å². The highest BCUT2D eigenvalue weighted by atomic mass is 16.1. The van der Waals surface area contributed by atoms with Crippen LogP contribution in [0.1, 0.15) is 11.5 Å². The van der Waals surface area contributed by atoms with Gasteiger partial charge in [-0.05, 0) is 11.6 Å². The number of fused-ring (bicyclic) bond motifs is 1. The Bertz CT molecular complexity index is 335. The van der Waals surface area contributed by atoms with E-state index in [1.165, 1.54) is 0 Å². The fourth-order valence-electron chi connectivity index (χ4n) is 1.69. The fraction of sp³-hybridized carbons (Fsp3) is 0.300. The highest BCUT2D eigenvalue weighted by Gasteiger charge is 2.26. The van der Waals surface area contributed by atoms with Crippen molar-refractivity contribution in [2.24, 2.45) is 0 Å². The molecule has 13 heavy (non-hydrogen) atoms. The molecule has 1 aliphatic rings. The van der Waals surface area contributed by atoms with Crippen molar-refractivity contribution in [3.05, 3.63) is 29.8 Å². The smallest absolute Gasteiger partial charge is 0.229 e. The molecular weight excluding hydrogens is 164 g/mol. The van der Waals surface area contributed by atoms with E-state index in [4.69, 9.17) is 0 Å².